The van der Waals surface area contributed by atoms with Crippen molar-refractivity contribution in [1.29, 1.82) is 0 Å². The quantitative estimate of drug-likeness (QED) is 0.655. The van der Waals surface area contributed by atoms with E-state index >= 15 is 0 Å². The second-order valence-electron chi connectivity index (χ2n) is 4.69. The number of aliphatic hydroxyl groups excluding tert-OH is 1. The van der Waals surface area contributed by atoms with Crippen LogP contribution in [-0.4, -0.2) is 57.0 Å². The number of aliphatic hydroxyl groups is 1. The first-order valence-corrected chi connectivity index (χ1v) is 7.33. The molecule has 6 heteroatoms. The van der Waals surface area contributed by atoms with Gasteiger partial charge in [0.1, 0.15) is 0 Å². The predicted octanol–water partition coefficient (Wildman–Crippen LogP) is -0.227. The molecule has 5 nitrogen and oxygen atoms in total. The van der Waals surface area contributed by atoms with E-state index in [1.165, 1.54) is 0 Å². The molecule has 1 rings (SSSR count). The number of hydrogen-bond acceptors (Lipinski definition) is 4. The first-order valence-electron chi connectivity index (χ1n) is 5.67. The van der Waals surface area contributed by atoms with Crippen molar-refractivity contribution >= 4 is 10.0 Å². The van der Waals surface area contributed by atoms with Crippen molar-refractivity contribution in [2.75, 3.05) is 33.0 Å². The summed E-state index contributed by atoms with van der Waals surface area (Å²) in [5, 5.41) is 8.60. The molecule has 0 unspecified atom stereocenters. The number of rotatable bonds is 7. The van der Waals surface area contributed by atoms with Crippen molar-refractivity contribution in [2.45, 2.75) is 31.2 Å². The lowest BCUT2D eigenvalue weighted by Gasteiger charge is -2.47. The summed E-state index contributed by atoms with van der Waals surface area (Å²) >= 11 is 0. The molecule has 0 saturated heterocycles. The van der Waals surface area contributed by atoms with E-state index in [1.807, 2.05) is 14.1 Å². The van der Waals surface area contributed by atoms with Gasteiger partial charge in [0.15, 0.2) is 0 Å². The van der Waals surface area contributed by atoms with Crippen LogP contribution < -0.4 is 4.72 Å². The minimum atomic E-state index is -3.22. The molecule has 0 heterocycles. The summed E-state index contributed by atoms with van der Waals surface area (Å²) in [6.45, 7) is 0.396. The van der Waals surface area contributed by atoms with Crippen LogP contribution in [0.2, 0.25) is 0 Å². The van der Waals surface area contributed by atoms with Crippen LogP contribution in [0.15, 0.2) is 0 Å². The zero-order valence-electron chi connectivity index (χ0n) is 10.1. The standard InChI is InChI=1S/C10H22N2O3S/c1-12(2)10(5-3-6-10)9-11-16(14,15)8-4-7-13/h11,13H,3-9H2,1-2H3. The van der Waals surface area contributed by atoms with Gasteiger partial charge in [-0.25, -0.2) is 13.1 Å². The Labute approximate surface area is 97.9 Å². The molecule has 0 radical (unpaired) electrons. The summed E-state index contributed by atoms with van der Waals surface area (Å²) in [5.41, 5.74) is 0.00623. The third kappa shape index (κ3) is 3.41. The van der Waals surface area contributed by atoms with Crippen LogP contribution in [0.3, 0.4) is 0 Å². The molecule has 0 aromatic carbocycles. The number of nitrogens with one attached hydrogen (secondary N) is 1. The van der Waals surface area contributed by atoms with E-state index in [0.717, 1.165) is 19.3 Å². The van der Waals surface area contributed by atoms with Gasteiger partial charge in [-0.3, -0.25) is 0 Å². The van der Waals surface area contributed by atoms with Crippen LogP contribution in [0.1, 0.15) is 25.7 Å². The summed E-state index contributed by atoms with van der Waals surface area (Å²) in [4.78, 5) is 2.10. The van der Waals surface area contributed by atoms with Crippen LogP contribution in [-0.2, 0) is 10.0 Å². The Morgan fingerprint density at radius 1 is 1.38 bits per heavy atom. The fourth-order valence-electron chi connectivity index (χ4n) is 1.94. The Balaban J connectivity index is 2.44. The van der Waals surface area contributed by atoms with E-state index in [0.29, 0.717) is 13.0 Å². The summed E-state index contributed by atoms with van der Waals surface area (Å²) in [7, 11) is 0.751. The monoisotopic (exact) mass is 250 g/mol. The lowest BCUT2D eigenvalue weighted by Crippen LogP contribution is -2.57. The topological polar surface area (TPSA) is 69.6 Å². The van der Waals surface area contributed by atoms with Gasteiger partial charge in [0.05, 0.1) is 5.75 Å². The highest BCUT2D eigenvalue weighted by Crippen LogP contribution is 2.35. The van der Waals surface area contributed by atoms with Gasteiger partial charge in [-0.1, -0.05) is 0 Å². The van der Waals surface area contributed by atoms with E-state index in [-0.39, 0.29) is 17.9 Å². The van der Waals surface area contributed by atoms with E-state index in [1.54, 1.807) is 0 Å². The second kappa shape index (κ2) is 5.44. The fraction of sp³-hybridized carbons (Fsp3) is 1.00. The third-order valence-corrected chi connectivity index (χ3v) is 4.84. The van der Waals surface area contributed by atoms with Crippen LogP contribution in [0, 0.1) is 0 Å². The molecular formula is C10H22N2O3S. The predicted molar refractivity (Wildman–Crippen MR) is 63.8 cm³/mol. The maximum Gasteiger partial charge on any atom is 0.211 e. The number of hydrogen-bond donors (Lipinski definition) is 2. The molecule has 0 amide bonds. The third-order valence-electron chi connectivity index (χ3n) is 3.43. The Bertz CT molecular complexity index is 310. The highest BCUT2D eigenvalue weighted by atomic mass is 32.2. The number of nitrogens with zero attached hydrogens (tertiary/aromatic N) is 1. The molecule has 0 aromatic rings. The lowest BCUT2D eigenvalue weighted by atomic mass is 9.76. The van der Waals surface area contributed by atoms with Crippen LogP contribution >= 0.6 is 0 Å². The highest BCUT2D eigenvalue weighted by Gasteiger charge is 2.39. The summed E-state index contributed by atoms with van der Waals surface area (Å²) in [6, 6.07) is 0. The zero-order valence-corrected chi connectivity index (χ0v) is 10.9. The molecule has 1 saturated carbocycles. The number of likely N-dealkylation sites (N-methyl/N-ethyl adjacent to an activating group) is 1. The molecule has 1 fully saturated rings. The fourth-order valence-corrected chi connectivity index (χ4v) is 3.08. The van der Waals surface area contributed by atoms with Crippen molar-refractivity contribution in [3.63, 3.8) is 0 Å². The van der Waals surface area contributed by atoms with Crippen molar-refractivity contribution in [3.8, 4) is 0 Å². The number of sulfonamides is 1. The van der Waals surface area contributed by atoms with E-state index in [4.69, 9.17) is 5.11 Å². The average molecular weight is 250 g/mol. The van der Waals surface area contributed by atoms with Crippen LogP contribution in [0.4, 0.5) is 0 Å². The van der Waals surface area contributed by atoms with E-state index < -0.39 is 10.0 Å². The summed E-state index contributed by atoms with van der Waals surface area (Å²) in [6.07, 6.45) is 3.55. The summed E-state index contributed by atoms with van der Waals surface area (Å²) in [5.74, 6) is 0.00695. The van der Waals surface area contributed by atoms with Gasteiger partial charge in [0, 0.05) is 18.7 Å². The maximum atomic E-state index is 11.6. The zero-order chi connectivity index (χ0) is 12.2. The average Bonchev–Trinajstić information content (AvgIpc) is 2.12. The van der Waals surface area contributed by atoms with Crippen molar-refractivity contribution in [2.24, 2.45) is 0 Å². The molecular weight excluding hydrogens is 228 g/mol. The molecule has 1 aliphatic carbocycles. The summed E-state index contributed by atoms with van der Waals surface area (Å²) < 4.78 is 25.8. The maximum absolute atomic E-state index is 11.6. The van der Waals surface area contributed by atoms with Gasteiger partial charge in [-0.05, 0) is 39.8 Å². The van der Waals surface area contributed by atoms with Gasteiger partial charge in [-0.15, -0.1) is 0 Å². The highest BCUT2D eigenvalue weighted by molar-refractivity contribution is 7.89. The smallest absolute Gasteiger partial charge is 0.211 e. The largest absolute Gasteiger partial charge is 0.396 e. The van der Waals surface area contributed by atoms with Gasteiger partial charge >= 0.3 is 0 Å². The van der Waals surface area contributed by atoms with Crippen molar-refractivity contribution in [3.05, 3.63) is 0 Å². The van der Waals surface area contributed by atoms with Crippen LogP contribution in [0.25, 0.3) is 0 Å². The molecule has 0 bridgehead atoms. The second-order valence-corrected chi connectivity index (χ2v) is 6.62. The SMILES string of the molecule is CN(C)C1(CNS(=O)(=O)CCCO)CCC1. The normalized spacial score (nSPS) is 19.8. The van der Waals surface area contributed by atoms with E-state index in [9.17, 15) is 8.42 Å². The van der Waals surface area contributed by atoms with Gasteiger partial charge in [0.2, 0.25) is 10.0 Å². The first kappa shape index (κ1) is 13.9. The van der Waals surface area contributed by atoms with Crippen molar-refractivity contribution in [1.82, 2.24) is 9.62 Å². The van der Waals surface area contributed by atoms with Crippen molar-refractivity contribution < 1.29 is 13.5 Å². The molecule has 0 aromatic heterocycles. The minimum absolute atomic E-state index is 0.00623. The molecule has 1 aliphatic rings. The lowest BCUT2D eigenvalue weighted by molar-refractivity contribution is 0.0656. The Kier molecular flexibility index (Phi) is 4.73. The van der Waals surface area contributed by atoms with Gasteiger partial charge in [0.25, 0.3) is 0 Å². The Hall–Kier alpha value is -0.170. The minimum Gasteiger partial charge on any atom is -0.396 e. The Morgan fingerprint density at radius 2 is 2.00 bits per heavy atom. The van der Waals surface area contributed by atoms with Gasteiger partial charge in [-0.2, -0.15) is 0 Å². The molecule has 0 atom stereocenters. The molecule has 0 aliphatic heterocycles. The molecule has 0 spiro atoms. The molecule has 96 valence electrons. The first-order chi connectivity index (χ1) is 7.42. The Morgan fingerprint density at radius 3 is 2.38 bits per heavy atom. The molecule has 2 N–H and O–H groups in total. The van der Waals surface area contributed by atoms with Crippen LogP contribution in [0.5, 0.6) is 0 Å². The molecule has 16 heavy (non-hydrogen) atoms. The van der Waals surface area contributed by atoms with Gasteiger partial charge < -0.3 is 10.0 Å². The van der Waals surface area contributed by atoms with E-state index in [2.05, 4.69) is 9.62 Å².